The van der Waals surface area contributed by atoms with Crippen LogP contribution in [0.5, 0.6) is 0 Å². The first-order chi connectivity index (χ1) is 12.5. The van der Waals surface area contributed by atoms with Crippen LogP contribution in [0.15, 0.2) is 68.9 Å². The molecule has 0 saturated heterocycles. The topological polar surface area (TPSA) is 26.3 Å². The van der Waals surface area contributed by atoms with E-state index in [4.69, 9.17) is 8.83 Å². The second-order valence-electron chi connectivity index (χ2n) is 6.27. The zero-order chi connectivity index (χ0) is 19.1. The molecule has 2 atom stereocenters. The zero-order valence-corrected chi connectivity index (χ0v) is 20.2. The van der Waals surface area contributed by atoms with Crippen molar-refractivity contribution >= 4 is 18.8 Å². The normalized spacial score (nSPS) is 19.2. The van der Waals surface area contributed by atoms with Crippen LogP contribution in [0.4, 0.5) is 0 Å². The molecule has 2 aromatic heterocycles. The van der Waals surface area contributed by atoms with Gasteiger partial charge < -0.3 is 23.7 Å². The van der Waals surface area contributed by atoms with Crippen molar-refractivity contribution in [3.05, 3.63) is 98.6 Å². The molecular formula is C24H28O2SiTi-4. The summed E-state index contributed by atoms with van der Waals surface area (Å²) in [5.74, 6) is 2.69. The Balaban J connectivity index is 0.000000449. The monoisotopic (exact) mass is 424 g/mol. The van der Waals surface area contributed by atoms with Gasteiger partial charge in [0, 0.05) is 11.5 Å². The van der Waals surface area contributed by atoms with Gasteiger partial charge in [-0.2, -0.15) is 34.4 Å². The Morgan fingerprint density at radius 1 is 0.786 bits per heavy atom. The summed E-state index contributed by atoms with van der Waals surface area (Å²) in [5, 5.41) is 0. The molecule has 2 unspecified atom stereocenters. The van der Waals surface area contributed by atoms with Crippen LogP contribution < -0.4 is 0 Å². The predicted molar refractivity (Wildman–Crippen MR) is 115 cm³/mol. The Kier molecular flexibility index (Phi) is 12.1. The molecule has 2 nitrogen and oxygen atoms in total. The molecule has 2 aliphatic rings. The fourth-order valence-corrected chi connectivity index (χ4v) is 3.06. The SMILES string of the molecule is CC1=CC(C)[C-]=C1c1ccco1.CC1=CC(C)[C-]=C1c1ccco1.[CH3-].[CH3-].[Si]=[Ti]. The van der Waals surface area contributed by atoms with Crippen LogP contribution in [-0.2, 0) is 19.2 Å². The van der Waals surface area contributed by atoms with Gasteiger partial charge in [-0.25, -0.2) is 0 Å². The van der Waals surface area contributed by atoms with Crippen LogP contribution in [0.3, 0.4) is 0 Å². The van der Waals surface area contributed by atoms with E-state index in [1.165, 1.54) is 11.1 Å². The first-order valence-electron chi connectivity index (χ1n) is 8.52. The molecule has 0 N–H and O–H groups in total. The van der Waals surface area contributed by atoms with Gasteiger partial charge in [0.2, 0.25) is 0 Å². The van der Waals surface area contributed by atoms with E-state index in [0.717, 1.165) is 22.7 Å². The minimum absolute atomic E-state index is 0. The summed E-state index contributed by atoms with van der Waals surface area (Å²) < 4.78 is 10.6. The molecule has 0 amide bonds. The molecule has 0 spiro atoms. The molecule has 0 aromatic carbocycles. The second-order valence-corrected chi connectivity index (χ2v) is 6.27. The van der Waals surface area contributed by atoms with Crippen molar-refractivity contribution in [1.29, 1.82) is 0 Å². The quantitative estimate of drug-likeness (QED) is 0.399. The summed E-state index contributed by atoms with van der Waals surface area (Å²) in [5.41, 5.74) is 4.76. The van der Waals surface area contributed by atoms with Gasteiger partial charge in [0.1, 0.15) is 0 Å². The van der Waals surface area contributed by atoms with Gasteiger partial charge in [-0.1, -0.05) is 51.7 Å². The third-order valence-corrected chi connectivity index (χ3v) is 4.07. The predicted octanol–water partition coefficient (Wildman–Crippen LogP) is 6.64. The van der Waals surface area contributed by atoms with Crippen molar-refractivity contribution < 1.29 is 28.0 Å². The number of hydrogen-bond donors (Lipinski definition) is 0. The molecule has 2 heterocycles. The summed E-state index contributed by atoms with van der Waals surface area (Å²) in [4.78, 5) is 0. The van der Waals surface area contributed by atoms with E-state index in [2.05, 4.69) is 59.6 Å². The second kappa shape index (κ2) is 12.8. The van der Waals surface area contributed by atoms with Gasteiger partial charge in [0.15, 0.2) is 0 Å². The maximum atomic E-state index is 5.30. The van der Waals surface area contributed by atoms with Crippen LogP contribution in [0.25, 0.3) is 11.1 Å². The molecule has 0 saturated carbocycles. The van der Waals surface area contributed by atoms with E-state index in [-0.39, 0.29) is 14.9 Å². The number of hydrogen-bond acceptors (Lipinski definition) is 2. The van der Waals surface area contributed by atoms with E-state index in [0.29, 0.717) is 11.8 Å². The Hall–Kier alpha value is -1.55. The van der Waals surface area contributed by atoms with Crippen LogP contribution >= 0.6 is 0 Å². The third kappa shape index (κ3) is 6.81. The first-order valence-corrected chi connectivity index (χ1v) is 11.4. The average Bonchev–Trinajstić information content (AvgIpc) is 3.39. The van der Waals surface area contributed by atoms with E-state index < -0.39 is 0 Å². The minimum atomic E-state index is 0. The molecule has 2 aromatic rings. The van der Waals surface area contributed by atoms with Gasteiger partial charge in [-0.05, 0) is 12.1 Å². The van der Waals surface area contributed by atoms with E-state index >= 15 is 0 Å². The van der Waals surface area contributed by atoms with Gasteiger partial charge in [-0.15, -0.1) is 12.2 Å². The van der Waals surface area contributed by atoms with Crippen molar-refractivity contribution in [1.82, 2.24) is 0 Å². The van der Waals surface area contributed by atoms with Gasteiger partial charge in [0.05, 0.1) is 12.5 Å². The van der Waals surface area contributed by atoms with Crippen LogP contribution in [0.2, 0.25) is 0 Å². The molecular weight excluding hydrogens is 396 g/mol. The van der Waals surface area contributed by atoms with Crippen molar-refractivity contribution in [2.45, 2.75) is 27.7 Å². The van der Waals surface area contributed by atoms with Crippen LogP contribution in [0, 0.1) is 38.8 Å². The molecule has 2 radical (unpaired) electrons. The maximum absolute atomic E-state index is 5.30. The van der Waals surface area contributed by atoms with Gasteiger partial charge in [-0.3, -0.25) is 0 Å². The van der Waals surface area contributed by atoms with E-state index in [1.54, 1.807) is 31.7 Å². The van der Waals surface area contributed by atoms with Crippen LogP contribution in [-0.4, -0.2) is 7.63 Å². The Bertz CT molecular complexity index is 754. The average molecular weight is 424 g/mol. The fourth-order valence-electron chi connectivity index (χ4n) is 3.06. The number of allylic oxidation sites excluding steroid dienone is 8. The first kappa shape index (κ1) is 26.5. The summed E-state index contributed by atoms with van der Waals surface area (Å²) in [6.07, 6.45) is 14.4. The van der Waals surface area contributed by atoms with Gasteiger partial charge in [0.25, 0.3) is 0 Å². The van der Waals surface area contributed by atoms with E-state index in [9.17, 15) is 0 Å². The Morgan fingerprint density at radius 3 is 1.36 bits per heavy atom. The number of rotatable bonds is 2. The summed E-state index contributed by atoms with van der Waals surface area (Å²) in [6.45, 7) is 8.43. The Morgan fingerprint density at radius 2 is 1.14 bits per heavy atom. The molecule has 2 aliphatic carbocycles. The fraction of sp³-hybridized carbons (Fsp3) is 0.250. The molecule has 0 fully saturated rings. The van der Waals surface area contributed by atoms with Crippen molar-refractivity contribution in [2.24, 2.45) is 11.8 Å². The summed E-state index contributed by atoms with van der Waals surface area (Å²) in [6, 6.07) is 7.75. The van der Waals surface area contributed by atoms with Gasteiger partial charge >= 0.3 is 26.8 Å². The number of furan rings is 2. The molecule has 4 rings (SSSR count). The standard InChI is InChI=1S/2C11H11O.2CH3.Si.Ti/c2*1-8-6-9(2)10(7-8)11-4-3-5-12-11;;;;/h2*3-6,8H,1-2H3;2*1H3;;/q4*-1;;. The van der Waals surface area contributed by atoms with Crippen molar-refractivity contribution in [3.63, 3.8) is 0 Å². The summed E-state index contributed by atoms with van der Waals surface area (Å²) >= 11 is 1.81. The summed E-state index contributed by atoms with van der Waals surface area (Å²) in [7, 11) is 2.97. The third-order valence-electron chi connectivity index (χ3n) is 4.07. The zero-order valence-electron chi connectivity index (χ0n) is 17.6. The van der Waals surface area contributed by atoms with Crippen molar-refractivity contribution in [3.8, 4) is 0 Å². The Labute approximate surface area is 184 Å². The van der Waals surface area contributed by atoms with E-state index in [1.807, 2.05) is 24.3 Å². The molecule has 148 valence electrons. The molecule has 0 aliphatic heterocycles. The molecule has 28 heavy (non-hydrogen) atoms. The van der Waals surface area contributed by atoms with Crippen molar-refractivity contribution in [2.75, 3.05) is 0 Å². The molecule has 0 bridgehead atoms. The van der Waals surface area contributed by atoms with Crippen LogP contribution in [0.1, 0.15) is 39.2 Å². The molecule has 4 heteroatoms.